The van der Waals surface area contributed by atoms with E-state index in [9.17, 15) is 9.59 Å². The number of benzene rings is 2. The Balaban J connectivity index is 1.46. The van der Waals surface area contributed by atoms with E-state index in [1.807, 2.05) is 38.1 Å². The molecule has 5 rings (SSSR count). The highest BCUT2D eigenvalue weighted by molar-refractivity contribution is 6.17. The van der Waals surface area contributed by atoms with E-state index in [1.54, 1.807) is 31.3 Å². The third kappa shape index (κ3) is 4.19. The standard InChI is InChI=1S/C27H30N4O5/c1-16-9-10-17(2)21(13-16)31-26(32)19-7-5-6-8-20(19)30(27(31)33)15-24-28-25(29-36-24)18-11-12-22(34-3)23(14-18)35-4/h9-14,19-20H,5-8,15H2,1-4H3. The molecule has 1 saturated heterocycles. The predicted molar refractivity (Wildman–Crippen MR) is 133 cm³/mol. The molecule has 2 aliphatic rings. The molecule has 1 saturated carbocycles. The first-order valence-electron chi connectivity index (χ1n) is 12.2. The second-order valence-corrected chi connectivity index (χ2v) is 9.41. The van der Waals surface area contributed by atoms with Gasteiger partial charge in [0.15, 0.2) is 11.5 Å². The van der Waals surface area contributed by atoms with E-state index in [2.05, 4.69) is 10.1 Å². The monoisotopic (exact) mass is 490 g/mol. The number of imide groups is 1. The summed E-state index contributed by atoms with van der Waals surface area (Å²) in [5.41, 5.74) is 3.21. The molecule has 36 heavy (non-hydrogen) atoms. The van der Waals surface area contributed by atoms with Crippen LogP contribution in [0.3, 0.4) is 0 Å². The Morgan fingerprint density at radius 2 is 1.78 bits per heavy atom. The van der Waals surface area contributed by atoms with E-state index in [-0.39, 0.29) is 30.4 Å². The van der Waals surface area contributed by atoms with Crippen LogP contribution in [0, 0.1) is 19.8 Å². The Hall–Kier alpha value is -3.88. The van der Waals surface area contributed by atoms with Crippen molar-refractivity contribution in [2.24, 2.45) is 5.92 Å². The lowest BCUT2D eigenvalue weighted by atomic mass is 9.81. The van der Waals surface area contributed by atoms with E-state index in [0.29, 0.717) is 34.5 Å². The fraction of sp³-hybridized carbons (Fsp3) is 0.407. The van der Waals surface area contributed by atoms with Crippen molar-refractivity contribution in [2.75, 3.05) is 19.1 Å². The largest absolute Gasteiger partial charge is 0.493 e. The highest BCUT2D eigenvalue weighted by Crippen LogP contribution is 2.38. The number of methoxy groups -OCH3 is 2. The molecule has 188 valence electrons. The number of ether oxygens (including phenoxy) is 2. The lowest BCUT2D eigenvalue weighted by molar-refractivity contribution is -0.127. The number of anilines is 1. The van der Waals surface area contributed by atoms with Crippen molar-refractivity contribution in [1.82, 2.24) is 15.0 Å². The number of hydrogen-bond acceptors (Lipinski definition) is 7. The zero-order valence-electron chi connectivity index (χ0n) is 21.0. The molecule has 1 aromatic heterocycles. The van der Waals surface area contributed by atoms with Gasteiger partial charge in [0.05, 0.1) is 25.8 Å². The van der Waals surface area contributed by atoms with Gasteiger partial charge in [-0.15, -0.1) is 0 Å². The molecule has 9 nitrogen and oxygen atoms in total. The highest BCUT2D eigenvalue weighted by atomic mass is 16.5. The van der Waals surface area contributed by atoms with Gasteiger partial charge in [-0.05, 0) is 62.1 Å². The first-order chi connectivity index (χ1) is 17.4. The third-order valence-corrected chi connectivity index (χ3v) is 7.13. The van der Waals surface area contributed by atoms with Gasteiger partial charge in [0.1, 0.15) is 6.54 Å². The van der Waals surface area contributed by atoms with Gasteiger partial charge in [-0.3, -0.25) is 4.79 Å². The highest BCUT2D eigenvalue weighted by Gasteiger charge is 2.48. The maximum absolute atomic E-state index is 13.8. The molecule has 1 aliphatic heterocycles. The van der Waals surface area contributed by atoms with E-state index >= 15 is 0 Å². The minimum absolute atomic E-state index is 0.119. The first kappa shape index (κ1) is 23.8. The normalized spacial score (nSPS) is 19.9. The Kier molecular flexibility index (Phi) is 6.38. The number of aromatic nitrogens is 2. The number of urea groups is 1. The van der Waals surface area contributed by atoms with Gasteiger partial charge < -0.3 is 18.9 Å². The zero-order chi connectivity index (χ0) is 25.4. The van der Waals surface area contributed by atoms with Gasteiger partial charge in [-0.2, -0.15) is 4.98 Å². The molecule has 0 bridgehead atoms. The number of carbonyl (C=O) groups excluding carboxylic acids is 2. The first-order valence-corrected chi connectivity index (χ1v) is 12.2. The molecule has 3 amide bonds. The van der Waals surface area contributed by atoms with Crippen LogP contribution >= 0.6 is 0 Å². The van der Waals surface area contributed by atoms with Crippen LogP contribution in [0.1, 0.15) is 42.7 Å². The van der Waals surface area contributed by atoms with Crippen molar-refractivity contribution in [3.8, 4) is 22.9 Å². The lowest BCUT2D eigenvalue weighted by Gasteiger charge is -2.46. The van der Waals surface area contributed by atoms with Crippen LogP contribution in [0.2, 0.25) is 0 Å². The molecule has 9 heteroatoms. The van der Waals surface area contributed by atoms with Crippen LogP contribution in [-0.2, 0) is 11.3 Å². The number of hydrogen-bond donors (Lipinski definition) is 0. The van der Waals surface area contributed by atoms with Crippen LogP contribution in [-0.4, -0.2) is 47.2 Å². The quantitative estimate of drug-likeness (QED) is 0.485. The van der Waals surface area contributed by atoms with E-state index in [0.717, 1.165) is 36.8 Å². The maximum Gasteiger partial charge on any atom is 0.332 e. The van der Waals surface area contributed by atoms with Crippen molar-refractivity contribution in [1.29, 1.82) is 0 Å². The molecule has 0 N–H and O–H groups in total. The van der Waals surface area contributed by atoms with Crippen LogP contribution in [0.4, 0.5) is 10.5 Å². The molecule has 2 aromatic carbocycles. The summed E-state index contributed by atoms with van der Waals surface area (Å²) in [4.78, 5) is 35.0. The SMILES string of the molecule is COc1ccc(-c2noc(CN3C(=O)N(c4cc(C)ccc4C)C(=O)C4CCCCC43)n2)cc1OC. The van der Waals surface area contributed by atoms with Crippen LogP contribution in [0.25, 0.3) is 11.4 Å². The molecule has 2 atom stereocenters. The van der Waals surface area contributed by atoms with E-state index in [1.165, 1.54) is 4.90 Å². The summed E-state index contributed by atoms with van der Waals surface area (Å²) in [5, 5.41) is 4.13. The molecule has 0 radical (unpaired) electrons. The molecule has 2 fully saturated rings. The summed E-state index contributed by atoms with van der Waals surface area (Å²) in [6, 6.07) is 10.7. The molecular formula is C27H30N4O5. The van der Waals surface area contributed by atoms with Crippen molar-refractivity contribution < 1.29 is 23.6 Å². The molecule has 2 unspecified atom stereocenters. The predicted octanol–water partition coefficient (Wildman–Crippen LogP) is 4.90. The summed E-state index contributed by atoms with van der Waals surface area (Å²) in [7, 11) is 3.14. The van der Waals surface area contributed by atoms with Crippen LogP contribution in [0.5, 0.6) is 11.5 Å². The van der Waals surface area contributed by atoms with Gasteiger partial charge in [0.25, 0.3) is 0 Å². The number of amides is 3. The smallest absolute Gasteiger partial charge is 0.332 e. The average Bonchev–Trinajstić information content (AvgIpc) is 3.37. The van der Waals surface area contributed by atoms with Gasteiger partial charge in [0.2, 0.25) is 17.6 Å². The maximum atomic E-state index is 13.8. The number of carbonyl (C=O) groups is 2. The Bertz CT molecular complexity index is 1300. The number of rotatable bonds is 6. The van der Waals surface area contributed by atoms with Crippen LogP contribution < -0.4 is 14.4 Å². The van der Waals surface area contributed by atoms with E-state index < -0.39 is 0 Å². The number of fused-ring (bicyclic) bond motifs is 1. The Morgan fingerprint density at radius 3 is 2.56 bits per heavy atom. The Morgan fingerprint density at radius 1 is 1.00 bits per heavy atom. The van der Waals surface area contributed by atoms with Crippen molar-refractivity contribution in [3.63, 3.8) is 0 Å². The minimum Gasteiger partial charge on any atom is -0.493 e. The summed E-state index contributed by atoms with van der Waals surface area (Å²) in [6.07, 6.45) is 3.48. The van der Waals surface area contributed by atoms with Crippen molar-refractivity contribution >= 4 is 17.6 Å². The van der Waals surface area contributed by atoms with Gasteiger partial charge >= 0.3 is 6.03 Å². The molecule has 0 spiro atoms. The lowest BCUT2D eigenvalue weighted by Crippen LogP contribution is -2.62. The Labute approximate surface area is 210 Å². The van der Waals surface area contributed by atoms with Gasteiger partial charge in [-0.1, -0.05) is 30.1 Å². The average molecular weight is 491 g/mol. The van der Waals surface area contributed by atoms with Gasteiger partial charge in [-0.25, -0.2) is 9.69 Å². The number of aryl methyl sites for hydroxylation is 2. The number of nitrogens with zero attached hydrogens (tertiary/aromatic N) is 4. The fourth-order valence-corrected chi connectivity index (χ4v) is 5.23. The third-order valence-electron chi connectivity index (χ3n) is 7.13. The molecule has 1 aliphatic carbocycles. The minimum atomic E-state index is -0.345. The van der Waals surface area contributed by atoms with Gasteiger partial charge in [0, 0.05) is 11.6 Å². The summed E-state index contributed by atoms with van der Waals surface area (Å²) >= 11 is 0. The zero-order valence-corrected chi connectivity index (χ0v) is 21.0. The van der Waals surface area contributed by atoms with Crippen LogP contribution in [0.15, 0.2) is 40.9 Å². The van der Waals surface area contributed by atoms with Crippen molar-refractivity contribution in [2.45, 2.75) is 52.1 Å². The summed E-state index contributed by atoms with van der Waals surface area (Å²) < 4.78 is 16.2. The van der Waals surface area contributed by atoms with Crippen molar-refractivity contribution in [3.05, 3.63) is 53.4 Å². The molecule has 3 aromatic rings. The molecular weight excluding hydrogens is 460 g/mol. The molecule has 2 heterocycles. The second-order valence-electron chi connectivity index (χ2n) is 9.41. The summed E-state index contributed by atoms with van der Waals surface area (Å²) in [5.74, 6) is 1.49. The topological polar surface area (TPSA) is 98.0 Å². The fourth-order valence-electron chi connectivity index (χ4n) is 5.23. The van der Waals surface area contributed by atoms with E-state index in [4.69, 9.17) is 14.0 Å². The second kappa shape index (κ2) is 9.64. The summed E-state index contributed by atoms with van der Waals surface area (Å²) in [6.45, 7) is 4.01.